The Morgan fingerprint density at radius 1 is 0.404 bits per heavy atom. The molecule has 4 N–H and O–H groups in total. The summed E-state index contributed by atoms with van der Waals surface area (Å²) in [4.78, 5) is 47.1. The molecule has 0 spiro atoms. The monoisotopic (exact) mass is 1350 g/mol. The van der Waals surface area contributed by atoms with E-state index in [4.69, 9.17) is 74.1 Å². The molecule has 0 fully saturated rings. The van der Waals surface area contributed by atoms with Gasteiger partial charge in [0.15, 0.2) is 0 Å². The third kappa shape index (κ3) is 14.1. The smallest absolute Gasteiger partial charge is 0.143 e. The Morgan fingerprint density at radius 3 is 1.08 bits per heavy atom. The summed E-state index contributed by atoms with van der Waals surface area (Å²) >= 11 is 9.52. The molecule has 16 nitrogen and oxygen atoms in total. The molecule has 20 bridgehead atoms. The van der Waals surface area contributed by atoms with Gasteiger partial charge in [0.05, 0.1) is 94.1 Å². The predicted octanol–water partition coefficient (Wildman–Crippen LogP) is 16.7. The zero-order chi connectivity index (χ0) is 67.0. The Morgan fingerprint density at radius 2 is 0.737 bits per heavy atom. The summed E-state index contributed by atoms with van der Waals surface area (Å²) in [6, 6.07) is 23.9. The molecule has 0 radical (unpaired) electrons. The van der Waals surface area contributed by atoms with Crippen molar-refractivity contribution in [3.05, 3.63) is 224 Å². The number of H-pyrrole nitrogens is 4. The van der Waals surface area contributed by atoms with Gasteiger partial charge in [-0.05, 0) is 177 Å². The number of aryl methyl sites for hydroxylation is 6. The molecule has 18 heteroatoms. The second-order valence-corrected chi connectivity index (χ2v) is 25.9. The Hall–Kier alpha value is -9.88. The molecule has 14 heterocycles. The lowest BCUT2D eigenvalue weighted by atomic mass is 9.99. The zero-order valence-electron chi connectivity index (χ0n) is 55.7. The minimum Gasteiger partial charge on any atom is -0.377 e. The first-order chi connectivity index (χ1) is 48.8. The molecule has 0 unspecified atom stereocenters. The van der Waals surface area contributed by atoms with Gasteiger partial charge in [-0.3, -0.25) is 0 Å². The lowest BCUT2D eigenvalue weighted by Crippen LogP contribution is -2.01. The molecule has 16 rings (SSSR count). The van der Waals surface area contributed by atoms with Crippen LogP contribution in [0.5, 0.6) is 0 Å². The van der Waals surface area contributed by atoms with Crippen LogP contribution < -0.4 is 0 Å². The van der Waals surface area contributed by atoms with E-state index in [2.05, 4.69) is 147 Å². The molecule has 498 valence electrons. The highest BCUT2D eigenvalue weighted by Crippen LogP contribution is 2.38. The Bertz CT molecular complexity index is 5190. The number of aromatic nitrogens is 12. The summed E-state index contributed by atoms with van der Waals surface area (Å²) in [6.07, 6.45) is 44.8. The van der Waals surface area contributed by atoms with Crippen LogP contribution in [0, 0.1) is 0 Å². The van der Waals surface area contributed by atoms with E-state index in [0.29, 0.717) is 90.0 Å². The minimum absolute atomic E-state index is 0.457. The van der Waals surface area contributed by atoms with Crippen LogP contribution in [-0.2, 0) is 70.2 Å². The summed E-state index contributed by atoms with van der Waals surface area (Å²) in [6.45, 7) is 4.02. The van der Waals surface area contributed by atoms with Crippen LogP contribution in [0.2, 0.25) is 0 Å². The van der Waals surface area contributed by atoms with Gasteiger partial charge in [-0.2, -0.15) is 25.3 Å². The fourth-order valence-corrected chi connectivity index (χ4v) is 14.2. The van der Waals surface area contributed by atoms with E-state index in [1.54, 1.807) is 0 Å². The van der Waals surface area contributed by atoms with Gasteiger partial charge >= 0.3 is 0 Å². The van der Waals surface area contributed by atoms with Gasteiger partial charge < -0.3 is 48.0 Å². The Kier molecular flexibility index (Phi) is 19.8. The molecule has 9 aromatic rings. The van der Waals surface area contributed by atoms with Crippen LogP contribution in [0.1, 0.15) is 110 Å². The average molecular weight is 1350 g/mol. The van der Waals surface area contributed by atoms with Crippen molar-refractivity contribution in [2.45, 2.75) is 62.9 Å². The summed E-state index contributed by atoms with van der Waals surface area (Å²) in [5, 5.41) is 0. The van der Waals surface area contributed by atoms with Crippen LogP contribution >= 0.6 is 25.3 Å². The third-order valence-corrected chi connectivity index (χ3v) is 19.4. The molecule has 99 heavy (non-hydrogen) atoms. The summed E-state index contributed by atoms with van der Waals surface area (Å²) in [5.74, 6) is 2.79. The van der Waals surface area contributed by atoms with Gasteiger partial charge in [-0.15, -0.1) is 5.73 Å². The molecule has 0 atom stereocenters. The van der Waals surface area contributed by atoms with Gasteiger partial charge in [-0.25, -0.2) is 29.9 Å². The van der Waals surface area contributed by atoms with Crippen molar-refractivity contribution < 1.29 is 18.9 Å². The first-order valence-electron chi connectivity index (χ1n) is 34.2. The number of hydrogen-bond acceptors (Lipinski definition) is 12. The highest BCUT2D eigenvalue weighted by molar-refractivity contribution is 7.79. The van der Waals surface area contributed by atoms with Gasteiger partial charge in [0.1, 0.15) is 11.6 Å². The molecule has 0 saturated carbocycles. The minimum atomic E-state index is 0.457. The number of hydrogen-bond donors (Lipinski definition) is 6. The van der Waals surface area contributed by atoms with Crippen molar-refractivity contribution in [3.63, 3.8) is 0 Å². The second-order valence-electron chi connectivity index (χ2n) is 25.2. The number of allylic oxidation sites excluding steroid dienone is 3. The number of thiol groups is 2. The molecule has 1 aliphatic carbocycles. The fourth-order valence-electron chi connectivity index (χ4n) is 13.8. The number of aromatic amines is 4. The fraction of sp³-hybridized carbons (Fsp3) is 0.247. The standard InChI is InChI=1S/C81H78N12O4S2/c1-92-37-35-82-80(92)78-72-31-23-64(88-72)56-15-9-43-94-39-5-7-41-96-45-11-17-58-62-21-29-70(86-62)77(55-48-52(50-98)47-53(49-55)51-99)71-30-22-63(87-71)59(67-26-34-75(91-67)79(74-33-25-66(58)90-74)81-83-36-38-93(81)2)18-12-46-97-42-8-6-40-95-44-10-16-57(65-24-32-73(78)89-65)61-20-28-69(85-61)76(54-13-3-4-14-54)68-27-19-60(56)84-68/h3-8,13,19-38,47-49,84,86,89,91,98-99H,9-12,15-18,39-46,50-51H2,1-2H3. The number of nitrogens with one attached hydrogen (secondary N) is 4. The van der Waals surface area contributed by atoms with Crippen molar-refractivity contribution in [3.8, 4) is 33.9 Å². The van der Waals surface area contributed by atoms with Crippen molar-refractivity contribution in [2.75, 3.05) is 52.9 Å². The quantitative estimate of drug-likeness (QED) is 0.0531. The van der Waals surface area contributed by atoms with E-state index >= 15 is 0 Å². The molecular formula is C81H78N12O4S2. The van der Waals surface area contributed by atoms with E-state index in [-0.39, 0.29) is 0 Å². The summed E-state index contributed by atoms with van der Waals surface area (Å²) in [7, 11) is 4.05. The van der Waals surface area contributed by atoms with Crippen molar-refractivity contribution in [1.29, 1.82) is 0 Å². The van der Waals surface area contributed by atoms with Crippen molar-refractivity contribution >= 4 is 124 Å². The number of rotatable bonds is 6. The van der Waals surface area contributed by atoms with Crippen molar-refractivity contribution in [1.82, 2.24) is 59.0 Å². The molecular weight excluding hydrogens is 1270 g/mol. The largest absolute Gasteiger partial charge is 0.377 e. The molecule has 0 saturated heterocycles. The first-order valence-corrected chi connectivity index (χ1v) is 35.4. The van der Waals surface area contributed by atoms with Crippen LogP contribution in [0.3, 0.4) is 0 Å². The van der Waals surface area contributed by atoms with Crippen LogP contribution in [-0.4, -0.2) is 112 Å². The Balaban J connectivity index is 0.775. The maximum Gasteiger partial charge on any atom is 0.143 e. The second kappa shape index (κ2) is 30.1. The molecule has 6 aliphatic heterocycles. The molecule has 1 aromatic carbocycles. The first kappa shape index (κ1) is 65.1. The number of nitrogens with zero attached hydrogens (tertiary/aromatic N) is 8. The maximum atomic E-state index is 6.32. The van der Waals surface area contributed by atoms with E-state index in [9.17, 15) is 0 Å². The molecule has 7 aliphatic rings. The number of ether oxygens (including phenoxy) is 4. The van der Waals surface area contributed by atoms with Crippen LogP contribution in [0.4, 0.5) is 0 Å². The molecule has 0 amide bonds. The molecule has 8 aromatic heterocycles. The summed E-state index contributed by atoms with van der Waals surface area (Å²) in [5.41, 5.74) is 30.3. The lowest BCUT2D eigenvalue weighted by Gasteiger charge is -2.10. The van der Waals surface area contributed by atoms with E-state index in [1.165, 1.54) is 0 Å². The van der Waals surface area contributed by atoms with Gasteiger partial charge in [0, 0.05) is 149 Å². The van der Waals surface area contributed by atoms with Crippen LogP contribution in [0.25, 0.3) is 132 Å². The van der Waals surface area contributed by atoms with Gasteiger partial charge in [-0.1, -0.05) is 48.6 Å². The van der Waals surface area contributed by atoms with Gasteiger partial charge in [0.25, 0.3) is 0 Å². The highest BCUT2D eigenvalue weighted by Gasteiger charge is 2.23. The SMILES string of the molecule is Cn1ccnc1-c1c2nc(c3c4ccc([nH]4)c(C4=C=CC=C4)c4nc(c(c5ccc1[nH]5)CCCOCC=CCOCCCc1c5nc(c(-c6cc(CS)cc(CS)c6)c6ccc([nH]6)c(c6nc(c(-c7nccn7C)c7ccc1[nH]7)C=C6)CCCOCC=CCOCCC3)C=C5)C=C4)C=C2. The van der Waals surface area contributed by atoms with E-state index < -0.39 is 0 Å². The third-order valence-electron chi connectivity index (χ3n) is 18.7. The Labute approximate surface area is 586 Å². The number of imidazole rings is 2. The van der Waals surface area contributed by atoms with E-state index in [0.717, 1.165) is 194 Å². The normalized spacial score (nSPS) is 15.7. The average Bonchev–Trinajstić information content (AvgIpc) is 1.62. The van der Waals surface area contributed by atoms with E-state index in [1.807, 2.05) is 84.5 Å². The van der Waals surface area contributed by atoms with Gasteiger partial charge in [0.2, 0.25) is 0 Å². The summed E-state index contributed by atoms with van der Waals surface area (Å²) < 4.78 is 29.3. The lowest BCUT2D eigenvalue weighted by molar-refractivity contribution is 0.151. The van der Waals surface area contributed by atoms with Crippen LogP contribution in [0.15, 0.2) is 140 Å². The topological polar surface area (TPSA) is 187 Å². The zero-order valence-corrected chi connectivity index (χ0v) is 57.4. The number of benzene rings is 1. The highest BCUT2D eigenvalue weighted by atomic mass is 32.1. The maximum absolute atomic E-state index is 6.32. The van der Waals surface area contributed by atoms with Crippen molar-refractivity contribution in [2.24, 2.45) is 14.1 Å². The number of fused-ring (bicyclic) bond motifs is 24. The predicted molar refractivity (Wildman–Crippen MR) is 408 cm³/mol.